The van der Waals surface area contributed by atoms with Gasteiger partial charge in [-0.3, -0.25) is 4.98 Å². The van der Waals surface area contributed by atoms with Crippen LogP contribution in [0.2, 0.25) is 0 Å². The average molecular weight is 290 g/mol. The molecule has 0 spiro atoms. The van der Waals surface area contributed by atoms with Gasteiger partial charge in [0.05, 0.1) is 5.52 Å². The molecule has 0 saturated carbocycles. The van der Waals surface area contributed by atoms with Gasteiger partial charge in [0.25, 0.3) is 0 Å². The highest BCUT2D eigenvalue weighted by Gasteiger charge is 2.00. The second-order valence-corrected chi connectivity index (χ2v) is 6.08. The zero-order valence-corrected chi connectivity index (χ0v) is 12.7. The number of para-hydroxylation sites is 1. The Bertz CT molecular complexity index is 555. The van der Waals surface area contributed by atoms with Crippen molar-refractivity contribution in [2.75, 3.05) is 12.3 Å². The Balaban J connectivity index is 1.86. The summed E-state index contributed by atoms with van der Waals surface area (Å²) >= 11 is 6.94. The van der Waals surface area contributed by atoms with Crippen molar-refractivity contribution in [3.63, 3.8) is 0 Å². The first kappa shape index (κ1) is 14.3. The van der Waals surface area contributed by atoms with E-state index in [-0.39, 0.29) is 0 Å². The molecule has 0 aliphatic carbocycles. The molecule has 1 aromatic carbocycles. The normalized spacial score (nSPS) is 10.6. The molecular formula is C15H18N2S2. The SMILES string of the molecule is CCCNC(=S)SCCc1ccc2ccccc2n1. The van der Waals surface area contributed by atoms with Crippen LogP contribution in [0.5, 0.6) is 0 Å². The third kappa shape index (κ3) is 4.48. The molecule has 100 valence electrons. The minimum atomic E-state index is 0.891. The summed E-state index contributed by atoms with van der Waals surface area (Å²) < 4.78 is 0.891. The number of hydrogen-bond donors (Lipinski definition) is 1. The summed E-state index contributed by atoms with van der Waals surface area (Å²) in [6, 6.07) is 12.4. The fourth-order valence-electron chi connectivity index (χ4n) is 1.77. The maximum atomic E-state index is 5.24. The molecule has 0 amide bonds. The summed E-state index contributed by atoms with van der Waals surface area (Å²) in [6.45, 7) is 3.10. The van der Waals surface area contributed by atoms with Crippen molar-refractivity contribution in [3.05, 3.63) is 42.1 Å². The smallest absolute Gasteiger partial charge is 0.133 e. The lowest BCUT2D eigenvalue weighted by Gasteiger charge is -2.06. The van der Waals surface area contributed by atoms with E-state index in [0.717, 1.165) is 40.7 Å². The highest BCUT2D eigenvalue weighted by Crippen LogP contribution is 2.13. The lowest BCUT2D eigenvalue weighted by Crippen LogP contribution is -2.19. The monoisotopic (exact) mass is 290 g/mol. The van der Waals surface area contributed by atoms with Crippen LogP contribution in [-0.4, -0.2) is 21.6 Å². The lowest BCUT2D eigenvalue weighted by molar-refractivity contribution is 0.854. The van der Waals surface area contributed by atoms with Gasteiger partial charge in [-0.15, -0.1) is 0 Å². The van der Waals surface area contributed by atoms with Gasteiger partial charge in [-0.1, -0.05) is 55.2 Å². The molecule has 2 aromatic rings. The number of benzene rings is 1. The number of rotatable bonds is 5. The molecule has 0 aliphatic rings. The number of thiocarbonyl (C=S) groups is 1. The molecular weight excluding hydrogens is 272 g/mol. The van der Waals surface area contributed by atoms with Crippen molar-refractivity contribution in [2.24, 2.45) is 0 Å². The van der Waals surface area contributed by atoms with Crippen molar-refractivity contribution in [3.8, 4) is 0 Å². The van der Waals surface area contributed by atoms with Crippen molar-refractivity contribution < 1.29 is 0 Å². The van der Waals surface area contributed by atoms with Gasteiger partial charge >= 0.3 is 0 Å². The Morgan fingerprint density at radius 1 is 1.26 bits per heavy atom. The van der Waals surface area contributed by atoms with Gasteiger partial charge < -0.3 is 5.32 Å². The first-order chi connectivity index (χ1) is 9.29. The van der Waals surface area contributed by atoms with E-state index in [0.29, 0.717) is 0 Å². The molecule has 0 atom stereocenters. The number of fused-ring (bicyclic) bond motifs is 1. The Kier molecular flexibility index (Phi) is 5.61. The Labute approximate surface area is 124 Å². The van der Waals surface area contributed by atoms with Gasteiger partial charge in [0.2, 0.25) is 0 Å². The van der Waals surface area contributed by atoms with Crippen molar-refractivity contribution in [1.82, 2.24) is 10.3 Å². The lowest BCUT2D eigenvalue weighted by atomic mass is 10.2. The fraction of sp³-hybridized carbons (Fsp3) is 0.333. The van der Waals surface area contributed by atoms with Crippen LogP contribution in [0.1, 0.15) is 19.0 Å². The molecule has 19 heavy (non-hydrogen) atoms. The number of pyridine rings is 1. The Morgan fingerprint density at radius 3 is 2.95 bits per heavy atom. The largest absolute Gasteiger partial charge is 0.371 e. The molecule has 1 N–H and O–H groups in total. The zero-order chi connectivity index (χ0) is 13.5. The number of aryl methyl sites for hydroxylation is 1. The second-order valence-electron chi connectivity index (χ2n) is 4.31. The van der Waals surface area contributed by atoms with Crippen LogP contribution in [0.4, 0.5) is 0 Å². The van der Waals surface area contributed by atoms with Gasteiger partial charge in [-0.25, -0.2) is 0 Å². The van der Waals surface area contributed by atoms with E-state index in [4.69, 9.17) is 12.2 Å². The quantitative estimate of drug-likeness (QED) is 0.847. The molecule has 0 bridgehead atoms. The second kappa shape index (κ2) is 7.46. The maximum Gasteiger partial charge on any atom is 0.133 e. The maximum absolute atomic E-state index is 5.24. The number of nitrogens with zero attached hydrogens (tertiary/aromatic N) is 1. The van der Waals surface area contributed by atoms with Crippen LogP contribution in [0, 0.1) is 0 Å². The summed E-state index contributed by atoms with van der Waals surface area (Å²) in [6.07, 6.45) is 2.05. The van der Waals surface area contributed by atoms with Crippen molar-refractivity contribution in [1.29, 1.82) is 0 Å². The Hall–Kier alpha value is -1.13. The van der Waals surface area contributed by atoms with Gasteiger partial charge in [0.1, 0.15) is 4.32 Å². The molecule has 1 heterocycles. The van der Waals surface area contributed by atoms with Crippen LogP contribution in [0.15, 0.2) is 36.4 Å². The Morgan fingerprint density at radius 2 is 2.11 bits per heavy atom. The van der Waals surface area contributed by atoms with Crippen molar-refractivity contribution >= 4 is 39.2 Å². The predicted octanol–water partition coefficient (Wildman–Crippen LogP) is 3.80. The number of nitrogens with one attached hydrogen (secondary N) is 1. The summed E-state index contributed by atoms with van der Waals surface area (Å²) in [7, 11) is 0. The van der Waals surface area contributed by atoms with Gasteiger partial charge in [0.15, 0.2) is 0 Å². The topological polar surface area (TPSA) is 24.9 Å². The van der Waals surface area contributed by atoms with Gasteiger partial charge in [-0.2, -0.15) is 0 Å². The van der Waals surface area contributed by atoms with Crippen LogP contribution in [0.3, 0.4) is 0 Å². The summed E-state index contributed by atoms with van der Waals surface area (Å²) in [5.74, 6) is 0.973. The number of thioether (sulfide) groups is 1. The number of hydrogen-bond acceptors (Lipinski definition) is 3. The molecule has 1 aromatic heterocycles. The molecule has 0 radical (unpaired) electrons. The third-order valence-electron chi connectivity index (χ3n) is 2.77. The minimum Gasteiger partial charge on any atom is -0.371 e. The van der Waals surface area contributed by atoms with E-state index in [2.05, 4.69) is 41.5 Å². The first-order valence-corrected chi connectivity index (χ1v) is 7.94. The van der Waals surface area contributed by atoms with Gasteiger partial charge in [0, 0.05) is 23.4 Å². The van der Waals surface area contributed by atoms with E-state index in [1.807, 2.05) is 12.1 Å². The first-order valence-electron chi connectivity index (χ1n) is 6.55. The third-order valence-corrected chi connectivity index (χ3v) is 4.08. The standard InChI is InChI=1S/C15H18N2S2/c1-2-10-16-15(18)19-11-9-13-8-7-12-5-3-4-6-14(12)17-13/h3-8H,2,9-11H2,1H3,(H,16,18). The van der Waals surface area contributed by atoms with E-state index >= 15 is 0 Å². The van der Waals surface area contributed by atoms with Crippen LogP contribution in [-0.2, 0) is 6.42 Å². The van der Waals surface area contributed by atoms with E-state index in [1.165, 1.54) is 5.39 Å². The number of aromatic nitrogens is 1. The van der Waals surface area contributed by atoms with Crippen molar-refractivity contribution in [2.45, 2.75) is 19.8 Å². The zero-order valence-electron chi connectivity index (χ0n) is 11.1. The summed E-state index contributed by atoms with van der Waals surface area (Å²) in [4.78, 5) is 4.66. The average Bonchev–Trinajstić information content (AvgIpc) is 2.45. The highest BCUT2D eigenvalue weighted by atomic mass is 32.2. The fourth-order valence-corrected chi connectivity index (χ4v) is 2.83. The molecule has 2 rings (SSSR count). The molecule has 0 fully saturated rings. The van der Waals surface area contributed by atoms with Gasteiger partial charge in [-0.05, 0) is 25.0 Å². The van der Waals surface area contributed by atoms with Crippen LogP contribution >= 0.6 is 24.0 Å². The minimum absolute atomic E-state index is 0.891. The van der Waals surface area contributed by atoms with Crippen LogP contribution in [0.25, 0.3) is 10.9 Å². The molecule has 0 saturated heterocycles. The molecule has 2 nitrogen and oxygen atoms in total. The molecule has 0 unspecified atom stereocenters. The predicted molar refractivity (Wildman–Crippen MR) is 88.8 cm³/mol. The summed E-state index contributed by atoms with van der Waals surface area (Å²) in [5.41, 5.74) is 2.20. The van der Waals surface area contributed by atoms with E-state index in [9.17, 15) is 0 Å². The summed E-state index contributed by atoms with van der Waals surface area (Å²) in [5, 5.41) is 4.42. The highest BCUT2D eigenvalue weighted by molar-refractivity contribution is 8.22. The molecule has 0 aliphatic heterocycles. The van der Waals surface area contributed by atoms with E-state index in [1.54, 1.807) is 11.8 Å². The molecule has 4 heteroatoms. The van der Waals surface area contributed by atoms with Crippen LogP contribution < -0.4 is 5.32 Å². The van der Waals surface area contributed by atoms with E-state index < -0.39 is 0 Å².